The lowest BCUT2D eigenvalue weighted by atomic mass is 10.2. The molecule has 25 heavy (non-hydrogen) atoms. The Balaban J connectivity index is 1.53. The van der Waals surface area contributed by atoms with Crippen molar-refractivity contribution in [2.75, 3.05) is 32.7 Å². The third-order valence-corrected chi connectivity index (χ3v) is 4.77. The fourth-order valence-corrected chi connectivity index (χ4v) is 3.06. The summed E-state index contributed by atoms with van der Waals surface area (Å²) in [6.07, 6.45) is 0.937. The molecule has 0 bridgehead atoms. The van der Waals surface area contributed by atoms with Crippen molar-refractivity contribution >= 4 is 17.0 Å². The molecule has 0 radical (unpaired) electrons. The van der Waals surface area contributed by atoms with Crippen LogP contribution >= 0.6 is 0 Å². The van der Waals surface area contributed by atoms with Gasteiger partial charge in [-0.15, -0.1) is 0 Å². The van der Waals surface area contributed by atoms with Crippen molar-refractivity contribution in [3.05, 3.63) is 34.8 Å². The van der Waals surface area contributed by atoms with Crippen LogP contribution in [0.5, 0.6) is 0 Å². The number of nitrogens with one attached hydrogen (secondary N) is 1. The van der Waals surface area contributed by atoms with Crippen molar-refractivity contribution in [3.8, 4) is 0 Å². The first-order valence-electron chi connectivity index (χ1n) is 8.89. The number of amides is 1. The molecule has 1 saturated heterocycles. The number of oxazole rings is 1. The van der Waals surface area contributed by atoms with Crippen molar-refractivity contribution in [1.29, 1.82) is 0 Å². The van der Waals surface area contributed by atoms with E-state index in [1.54, 1.807) is 10.6 Å². The topological polar surface area (TPSA) is 70.7 Å². The van der Waals surface area contributed by atoms with Gasteiger partial charge in [0.2, 0.25) is 5.91 Å². The average molecular weight is 346 g/mol. The van der Waals surface area contributed by atoms with Crippen molar-refractivity contribution in [1.82, 2.24) is 19.7 Å². The normalized spacial score (nSPS) is 17.7. The molecule has 0 spiro atoms. The summed E-state index contributed by atoms with van der Waals surface area (Å²) in [6, 6.07) is 7.69. The van der Waals surface area contributed by atoms with E-state index in [4.69, 9.17) is 4.42 Å². The summed E-state index contributed by atoms with van der Waals surface area (Å²) in [5.74, 6) is -0.239. The van der Waals surface area contributed by atoms with Gasteiger partial charge in [0, 0.05) is 32.2 Å². The number of benzene rings is 1. The molecular formula is C18H26N4O3. The molecule has 2 aromatic rings. The van der Waals surface area contributed by atoms with E-state index in [2.05, 4.69) is 22.0 Å². The Bertz CT molecular complexity index is 774. The summed E-state index contributed by atoms with van der Waals surface area (Å²) in [4.78, 5) is 28.4. The van der Waals surface area contributed by atoms with Crippen LogP contribution in [0.1, 0.15) is 20.3 Å². The van der Waals surface area contributed by atoms with Gasteiger partial charge in [0.15, 0.2) is 5.58 Å². The molecule has 1 aromatic heterocycles. The van der Waals surface area contributed by atoms with Gasteiger partial charge >= 0.3 is 5.76 Å². The van der Waals surface area contributed by atoms with Gasteiger partial charge in [-0.1, -0.05) is 19.1 Å². The smallest absolute Gasteiger partial charge is 0.408 e. The molecule has 0 saturated carbocycles. The van der Waals surface area contributed by atoms with Gasteiger partial charge in [0.25, 0.3) is 0 Å². The summed E-state index contributed by atoms with van der Waals surface area (Å²) in [5.41, 5.74) is 1.44. The van der Waals surface area contributed by atoms with Crippen molar-refractivity contribution in [2.45, 2.75) is 33.0 Å². The van der Waals surface area contributed by atoms with Crippen LogP contribution < -0.4 is 11.1 Å². The molecule has 0 aliphatic carbocycles. The van der Waals surface area contributed by atoms with Crippen LogP contribution in [-0.4, -0.2) is 59.0 Å². The van der Waals surface area contributed by atoms with Crippen molar-refractivity contribution in [3.63, 3.8) is 0 Å². The maximum atomic E-state index is 12.1. The standard InChI is InChI=1S/C18H26N4O3/c1-3-14(2)19-17(23)12-20-8-10-21(11-9-20)13-22-15-6-4-5-7-16(15)25-18(22)24/h4-7,14H,3,8-13H2,1-2H3,(H,19,23). The highest BCUT2D eigenvalue weighted by atomic mass is 16.4. The fourth-order valence-electron chi connectivity index (χ4n) is 3.06. The lowest BCUT2D eigenvalue weighted by molar-refractivity contribution is -0.123. The molecule has 1 atom stereocenters. The summed E-state index contributed by atoms with van der Waals surface area (Å²) >= 11 is 0. The minimum absolute atomic E-state index is 0.0832. The highest BCUT2D eigenvalue weighted by Crippen LogP contribution is 2.13. The Hall–Kier alpha value is -2.12. The maximum Gasteiger partial charge on any atom is 0.421 e. The second-order valence-corrected chi connectivity index (χ2v) is 6.68. The van der Waals surface area contributed by atoms with E-state index in [0.29, 0.717) is 18.8 Å². The Morgan fingerprint density at radius 2 is 1.88 bits per heavy atom. The highest BCUT2D eigenvalue weighted by molar-refractivity contribution is 5.78. The zero-order valence-corrected chi connectivity index (χ0v) is 14.9. The first-order chi connectivity index (χ1) is 12.1. The predicted octanol–water partition coefficient (Wildman–Crippen LogP) is 1.08. The summed E-state index contributed by atoms with van der Waals surface area (Å²) < 4.78 is 6.95. The number of piperazine rings is 1. The molecule has 7 heteroatoms. The molecule has 7 nitrogen and oxygen atoms in total. The molecule has 3 rings (SSSR count). The van der Waals surface area contributed by atoms with E-state index < -0.39 is 0 Å². The monoisotopic (exact) mass is 346 g/mol. The summed E-state index contributed by atoms with van der Waals surface area (Å²) in [6.45, 7) is 8.31. The van der Waals surface area contributed by atoms with Crippen LogP contribution in [0.4, 0.5) is 0 Å². The van der Waals surface area contributed by atoms with Gasteiger partial charge < -0.3 is 9.73 Å². The van der Waals surface area contributed by atoms with Gasteiger partial charge in [-0.05, 0) is 25.5 Å². The SMILES string of the molecule is CCC(C)NC(=O)CN1CCN(Cn2c(=O)oc3ccccc32)CC1. The quantitative estimate of drug-likeness (QED) is 0.848. The largest absolute Gasteiger partial charge is 0.421 e. The molecule has 1 aliphatic rings. The third-order valence-electron chi connectivity index (χ3n) is 4.77. The zero-order valence-electron chi connectivity index (χ0n) is 14.9. The van der Waals surface area contributed by atoms with E-state index >= 15 is 0 Å². The number of hydrogen-bond acceptors (Lipinski definition) is 5. The van der Waals surface area contributed by atoms with Gasteiger partial charge in [-0.25, -0.2) is 4.79 Å². The number of nitrogens with zero attached hydrogens (tertiary/aromatic N) is 3. The molecule has 1 unspecified atom stereocenters. The van der Waals surface area contributed by atoms with E-state index in [-0.39, 0.29) is 17.7 Å². The van der Waals surface area contributed by atoms with Crippen LogP contribution in [0.15, 0.2) is 33.5 Å². The first-order valence-corrected chi connectivity index (χ1v) is 8.89. The first kappa shape index (κ1) is 17.7. The average Bonchev–Trinajstić information content (AvgIpc) is 2.92. The summed E-state index contributed by atoms with van der Waals surface area (Å²) in [5, 5.41) is 3.00. The Labute approximate surface area is 147 Å². The van der Waals surface area contributed by atoms with Crippen molar-refractivity contribution < 1.29 is 9.21 Å². The second-order valence-electron chi connectivity index (χ2n) is 6.68. The minimum atomic E-state index is -0.323. The summed E-state index contributed by atoms with van der Waals surface area (Å²) in [7, 11) is 0. The molecule has 2 heterocycles. The van der Waals surface area contributed by atoms with Crippen LogP contribution in [0.2, 0.25) is 0 Å². The number of carbonyl (C=O) groups excluding carboxylic acids is 1. The Kier molecular flexibility index (Phi) is 5.55. The molecule has 1 aromatic carbocycles. The maximum absolute atomic E-state index is 12.1. The lowest BCUT2D eigenvalue weighted by Crippen LogP contribution is -2.50. The minimum Gasteiger partial charge on any atom is -0.408 e. The number of fused-ring (bicyclic) bond motifs is 1. The van der Waals surface area contributed by atoms with Crippen LogP contribution in [0.3, 0.4) is 0 Å². The third kappa shape index (κ3) is 4.29. The number of carbonyl (C=O) groups is 1. The Morgan fingerprint density at radius 3 is 2.60 bits per heavy atom. The molecule has 1 N–H and O–H groups in total. The van der Waals surface area contributed by atoms with Crippen molar-refractivity contribution in [2.24, 2.45) is 0 Å². The van der Waals surface area contributed by atoms with E-state index in [1.165, 1.54) is 0 Å². The number of para-hydroxylation sites is 2. The zero-order chi connectivity index (χ0) is 17.8. The fraction of sp³-hybridized carbons (Fsp3) is 0.556. The van der Waals surface area contributed by atoms with E-state index in [1.807, 2.05) is 25.1 Å². The van der Waals surface area contributed by atoms with Gasteiger partial charge in [0.05, 0.1) is 18.7 Å². The molecular weight excluding hydrogens is 320 g/mol. The van der Waals surface area contributed by atoms with Gasteiger partial charge in [-0.3, -0.25) is 19.2 Å². The van der Waals surface area contributed by atoms with Gasteiger partial charge in [0.1, 0.15) is 0 Å². The van der Waals surface area contributed by atoms with Crippen LogP contribution in [0, 0.1) is 0 Å². The van der Waals surface area contributed by atoms with Crippen LogP contribution in [-0.2, 0) is 11.5 Å². The number of rotatable bonds is 6. The van der Waals surface area contributed by atoms with Gasteiger partial charge in [-0.2, -0.15) is 0 Å². The van der Waals surface area contributed by atoms with E-state index in [0.717, 1.165) is 38.1 Å². The molecule has 1 aliphatic heterocycles. The second kappa shape index (κ2) is 7.84. The van der Waals surface area contributed by atoms with E-state index in [9.17, 15) is 9.59 Å². The number of aromatic nitrogens is 1. The number of hydrogen-bond donors (Lipinski definition) is 1. The highest BCUT2D eigenvalue weighted by Gasteiger charge is 2.21. The Morgan fingerprint density at radius 1 is 1.20 bits per heavy atom. The molecule has 136 valence electrons. The predicted molar refractivity (Wildman–Crippen MR) is 96.4 cm³/mol. The lowest BCUT2D eigenvalue weighted by Gasteiger charge is -2.34. The molecule has 1 amide bonds. The molecule has 1 fully saturated rings. The van der Waals surface area contributed by atoms with Crippen LogP contribution in [0.25, 0.3) is 11.1 Å².